The highest BCUT2D eigenvalue weighted by molar-refractivity contribution is 7.98. The van der Waals surface area contributed by atoms with Crippen molar-refractivity contribution in [2.45, 2.75) is 0 Å². The zero-order chi connectivity index (χ0) is 9.78. The minimum absolute atomic E-state index is 0.453. The van der Waals surface area contributed by atoms with Crippen molar-refractivity contribution in [2.75, 3.05) is 45.0 Å². The lowest BCUT2D eigenvalue weighted by atomic mass is 10.7. The molecule has 5 nitrogen and oxygen atoms in total. The van der Waals surface area contributed by atoms with Gasteiger partial charge in [-0.1, -0.05) is 0 Å². The molecule has 0 atom stereocenters. The lowest BCUT2D eigenvalue weighted by Crippen LogP contribution is -2.08. The molecular formula is C7H16N3O2S+. The fraction of sp³-hybridized carbons (Fsp3) is 1.00. The molecule has 13 heavy (non-hydrogen) atoms. The fourth-order valence-corrected chi connectivity index (χ4v) is 0.904. The van der Waals surface area contributed by atoms with Gasteiger partial charge in [0.05, 0.1) is 26.4 Å². The molecule has 0 radical (unpaired) electrons. The van der Waals surface area contributed by atoms with Crippen LogP contribution < -0.4 is 4.91 Å². The molecule has 0 fully saturated rings. The molecule has 6 heteroatoms. The molecular weight excluding hydrogens is 190 g/mol. The molecule has 0 spiro atoms. The summed E-state index contributed by atoms with van der Waals surface area (Å²) in [7, 11) is 0. The number of nitrogens with zero attached hydrogens (tertiary/aromatic N) is 2. The van der Waals surface area contributed by atoms with Crippen LogP contribution in [0.15, 0.2) is 5.11 Å². The first-order valence-electron chi connectivity index (χ1n) is 4.09. The standard InChI is InChI=1S/C7H16N3O2S/c1-13-7-6-12-5-4-11-3-2-9-10-8/h8H,2-7H2,1H3/q+1. The minimum Gasteiger partial charge on any atom is -0.378 e. The predicted octanol–water partition coefficient (Wildman–Crippen LogP) is 0.933. The van der Waals surface area contributed by atoms with E-state index in [-0.39, 0.29) is 0 Å². The van der Waals surface area contributed by atoms with Crippen molar-refractivity contribution < 1.29 is 9.47 Å². The fourth-order valence-electron chi connectivity index (χ4n) is 0.620. The largest absolute Gasteiger partial charge is 0.378 e. The average molecular weight is 206 g/mol. The molecule has 0 aromatic carbocycles. The summed E-state index contributed by atoms with van der Waals surface area (Å²) in [6.45, 7) is 2.94. The van der Waals surface area contributed by atoms with Crippen molar-refractivity contribution >= 4 is 11.8 Å². The summed E-state index contributed by atoms with van der Waals surface area (Å²) in [5, 5.41) is 3.44. The minimum atomic E-state index is 0.453. The molecule has 0 aromatic heterocycles. The quantitative estimate of drug-likeness (QED) is 0.346. The van der Waals surface area contributed by atoms with Gasteiger partial charge in [0.15, 0.2) is 0 Å². The maximum Gasteiger partial charge on any atom is 0.214 e. The van der Waals surface area contributed by atoms with Crippen LogP contribution in [-0.2, 0) is 9.47 Å². The Bertz CT molecular complexity index is 151. The Morgan fingerprint density at radius 2 is 1.92 bits per heavy atom. The molecule has 0 aliphatic rings. The van der Waals surface area contributed by atoms with Crippen LogP contribution in [0, 0.1) is 5.53 Å². The molecule has 1 N–H and O–H groups in total. The van der Waals surface area contributed by atoms with Crippen molar-refractivity contribution in [1.29, 1.82) is 5.53 Å². The molecule has 0 rings (SSSR count). The van der Waals surface area contributed by atoms with Crippen LogP contribution >= 0.6 is 11.8 Å². The maximum absolute atomic E-state index is 6.37. The highest BCUT2D eigenvalue weighted by Crippen LogP contribution is 1.90. The van der Waals surface area contributed by atoms with Crippen LogP contribution in [0.2, 0.25) is 0 Å². The Morgan fingerprint density at radius 3 is 2.54 bits per heavy atom. The normalized spacial score (nSPS) is 9.62. The first-order chi connectivity index (χ1) is 6.41. The number of hydrogen-bond acceptors (Lipinski definition) is 5. The summed E-state index contributed by atoms with van der Waals surface area (Å²) < 4.78 is 10.4. The van der Waals surface area contributed by atoms with Crippen molar-refractivity contribution in [3.63, 3.8) is 0 Å². The van der Waals surface area contributed by atoms with E-state index in [1.807, 2.05) is 6.26 Å². The second-order valence-corrected chi connectivity index (χ2v) is 3.17. The molecule has 0 aliphatic heterocycles. The summed E-state index contributed by atoms with van der Waals surface area (Å²) in [6.07, 6.45) is 2.05. The van der Waals surface area contributed by atoms with Gasteiger partial charge in [-0.3, -0.25) is 0 Å². The van der Waals surface area contributed by atoms with Gasteiger partial charge >= 0.3 is 0 Å². The van der Waals surface area contributed by atoms with E-state index < -0.39 is 0 Å². The predicted molar refractivity (Wildman–Crippen MR) is 52.2 cm³/mol. The Hall–Kier alpha value is -0.420. The van der Waals surface area contributed by atoms with Gasteiger partial charge in [0.2, 0.25) is 4.91 Å². The SMILES string of the molecule is CSCCOCCOCCN=[N+]=N. The maximum atomic E-state index is 6.37. The van der Waals surface area contributed by atoms with Crippen molar-refractivity contribution in [3.8, 4) is 0 Å². The Labute approximate surface area is 82.4 Å². The van der Waals surface area contributed by atoms with Crippen LogP contribution in [0.25, 0.3) is 0 Å². The van der Waals surface area contributed by atoms with Crippen LogP contribution in [0.4, 0.5) is 0 Å². The molecule has 0 saturated carbocycles. The van der Waals surface area contributed by atoms with Gasteiger partial charge in [0.25, 0.3) is 0 Å². The lowest BCUT2D eigenvalue weighted by molar-refractivity contribution is 0.0568. The highest BCUT2D eigenvalue weighted by Gasteiger charge is 1.91. The number of hydrogen-bond donors (Lipinski definition) is 1. The van der Waals surface area contributed by atoms with Gasteiger partial charge in [-0.15, -0.1) is 0 Å². The van der Waals surface area contributed by atoms with Crippen molar-refractivity contribution in [1.82, 2.24) is 4.91 Å². The smallest absolute Gasteiger partial charge is 0.214 e. The van der Waals surface area contributed by atoms with Crippen molar-refractivity contribution in [2.24, 2.45) is 5.11 Å². The van der Waals surface area contributed by atoms with Crippen LogP contribution in [0.3, 0.4) is 0 Å². The molecule has 0 aliphatic carbocycles. The third kappa shape index (κ3) is 11.6. The summed E-state index contributed by atoms with van der Waals surface area (Å²) >= 11 is 1.76. The Kier molecular flexibility index (Phi) is 11.2. The van der Waals surface area contributed by atoms with E-state index in [1.165, 1.54) is 0 Å². The summed E-state index contributed by atoms with van der Waals surface area (Å²) in [5.41, 5.74) is 6.37. The molecule has 0 aromatic rings. The monoisotopic (exact) mass is 206 g/mol. The van der Waals surface area contributed by atoms with Gasteiger partial charge in [-0.05, 0) is 6.26 Å². The Balaban J connectivity index is 2.87. The van der Waals surface area contributed by atoms with Gasteiger partial charge in [-0.2, -0.15) is 11.8 Å². The number of thioether (sulfide) groups is 1. The van der Waals surface area contributed by atoms with E-state index >= 15 is 0 Å². The van der Waals surface area contributed by atoms with Gasteiger partial charge in [-0.25, -0.2) is 0 Å². The summed E-state index contributed by atoms with van der Waals surface area (Å²) in [4.78, 5) is 2.85. The van der Waals surface area contributed by atoms with Crippen LogP contribution in [0.1, 0.15) is 0 Å². The first kappa shape index (κ1) is 12.6. The molecule has 76 valence electrons. The highest BCUT2D eigenvalue weighted by atomic mass is 32.2. The van der Waals surface area contributed by atoms with E-state index in [0.29, 0.717) is 26.4 Å². The number of rotatable bonds is 9. The zero-order valence-electron chi connectivity index (χ0n) is 7.86. The summed E-state index contributed by atoms with van der Waals surface area (Å²) in [5.74, 6) is 1.02. The van der Waals surface area contributed by atoms with E-state index in [9.17, 15) is 0 Å². The van der Waals surface area contributed by atoms with E-state index in [0.717, 1.165) is 12.4 Å². The summed E-state index contributed by atoms with van der Waals surface area (Å²) in [6, 6.07) is 0. The molecule has 0 bridgehead atoms. The van der Waals surface area contributed by atoms with Crippen LogP contribution in [-0.4, -0.2) is 45.0 Å². The number of nitrogens with one attached hydrogen (secondary N) is 1. The van der Waals surface area contributed by atoms with E-state index in [1.54, 1.807) is 11.8 Å². The van der Waals surface area contributed by atoms with Crippen molar-refractivity contribution in [3.05, 3.63) is 0 Å². The second kappa shape index (κ2) is 11.6. The van der Waals surface area contributed by atoms with Gasteiger partial charge in [0, 0.05) is 5.75 Å². The third-order valence-corrected chi connectivity index (χ3v) is 1.79. The topological polar surface area (TPSA) is 68.8 Å². The van der Waals surface area contributed by atoms with Gasteiger partial charge < -0.3 is 9.47 Å². The molecule has 0 unspecified atom stereocenters. The average Bonchev–Trinajstić information content (AvgIpc) is 2.16. The van der Waals surface area contributed by atoms with Gasteiger partial charge in [0.1, 0.15) is 17.2 Å². The molecule has 0 amide bonds. The zero-order valence-corrected chi connectivity index (χ0v) is 8.68. The number of ether oxygens (including phenoxy) is 2. The Morgan fingerprint density at radius 1 is 1.23 bits per heavy atom. The molecule has 0 saturated heterocycles. The molecule has 0 heterocycles. The lowest BCUT2D eigenvalue weighted by Gasteiger charge is -2.02. The second-order valence-electron chi connectivity index (χ2n) is 2.18. The first-order valence-corrected chi connectivity index (χ1v) is 5.49. The third-order valence-electron chi connectivity index (χ3n) is 1.21. The van der Waals surface area contributed by atoms with E-state index in [4.69, 9.17) is 15.0 Å². The van der Waals surface area contributed by atoms with E-state index in [2.05, 4.69) is 10.0 Å². The van der Waals surface area contributed by atoms with Crippen LogP contribution in [0.5, 0.6) is 0 Å².